The van der Waals surface area contributed by atoms with Crippen LogP contribution in [0.15, 0.2) is 121 Å². The second-order valence-corrected chi connectivity index (χ2v) is 15.6. The minimum absolute atomic E-state index is 0. The van der Waals surface area contributed by atoms with Crippen LogP contribution in [0.25, 0.3) is 12.2 Å². The second kappa shape index (κ2) is 12.0. The van der Waals surface area contributed by atoms with Crippen molar-refractivity contribution in [3.63, 3.8) is 0 Å². The third-order valence-electron chi connectivity index (χ3n) is 6.92. The first-order valence-corrected chi connectivity index (χ1v) is 16.1. The van der Waals surface area contributed by atoms with E-state index in [1.807, 2.05) is 0 Å². The summed E-state index contributed by atoms with van der Waals surface area (Å²) in [5.41, 5.74) is 8.84. The van der Waals surface area contributed by atoms with Crippen LogP contribution >= 0.6 is 0 Å². The molecule has 3 heteroatoms. The van der Waals surface area contributed by atoms with Crippen LogP contribution in [0.4, 0.5) is 0 Å². The van der Waals surface area contributed by atoms with Gasteiger partial charge in [-0.2, -0.15) is 7.11 Å². The molecule has 2 aliphatic rings. The predicted molar refractivity (Wildman–Crippen MR) is 137 cm³/mol. The number of fused-ring (bicyclic) bond motifs is 2. The van der Waals surface area contributed by atoms with Crippen molar-refractivity contribution < 1.29 is 39.3 Å². The van der Waals surface area contributed by atoms with Crippen LogP contribution in [-0.2, 0) is 21.8 Å². The Hall–Kier alpha value is -2.51. The first kappa shape index (κ1) is 25.6. The van der Waals surface area contributed by atoms with E-state index in [2.05, 4.69) is 133 Å². The van der Waals surface area contributed by atoms with Crippen molar-refractivity contribution >= 4 is 12.2 Å². The zero-order valence-corrected chi connectivity index (χ0v) is 22.9. The molecule has 2 unspecified atom stereocenters. The molecule has 4 aromatic rings. The van der Waals surface area contributed by atoms with Gasteiger partial charge in [0.25, 0.3) is 0 Å². The van der Waals surface area contributed by atoms with Gasteiger partial charge in [0.2, 0.25) is 0 Å². The van der Waals surface area contributed by atoms with Crippen LogP contribution in [-0.4, -0.2) is 7.11 Å². The maximum atomic E-state index is 8.25. The predicted octanol–water partition coefficient (Wildman–Crippen LogP) is 3.91. The molecule has 0 heterocycles. The van der Waals surface area contributed by atoms with Gasteiger partial charge >= 0.3 is 200 Å². The first-order chi connectivity index (χ1) is 16.9. The van der Waals surface area contributed by atoms with Crippen LogP contribution in [0.5, 0.6) is 0 Å². The Morgan fingerprint density at radius 2 is 0.914 bits per heavy atom. The number of hydrogen-bond acceptors (Lipinski definition) is 1. The smallest absolute Gasteiger partial charge is 0.153 e. The standard InChI is InChI=1S/C13H11.2C9H7.CH3O.ClH.Zr/c1-3-7-12(8-4-1)11-13-9-5-2-6-10-13;2*1-2-5-9-7-3-6-8(9)4-1;1-2;;/h1-11H;2*1-7H;1H3;1H;/q;;;-1;;+2/p-1. The quantitative estimate of drug-likeness (QED) is 0.367. The summed E-state index contributed by atoms with van der Waals surface area (Å²) in [5, 5.41) is 8.25. The number of hydrogen-bond donors (Lipinski definition) is 0. The van der Waals surface area contributed by atoms with Gasteiger partial charge in [0.15, 0.2) is 0 Å². The fourth-order valence-corrected chi connectivity index (χ4v) is 15.7. The van der Waals surface area contributed by atoms with E-state index in [0.29, 0.717) is 10.9 Å². The van der Waals surface area contributed by atoms with E-state index in [1.54, 1.807) is 0 Å². The third-order valence-corrected chi connectivity index (χ3v) is 16.2. The number of halogens is 1. The fraction of sp³-hybridized carbons (Fsp3) is 0.125. The molecule has 0 aliphatic heterocycles. The first-order valence-electron chi connectivity index (χ1n) is 11.8. The molecule has 0 N–H and O–H groups in total. The van der Waals surface area contributed by atoms with Crippen molar-refractivity contribution in [1.29, 1.82) is 0 Å². The SMILES string of the molecule is C1=C[CH]([Zr+2]([CH]2C=Cc3ccccc32)[CH](c2ccccc2)c2ccccc2)c2ccccc21.C[O-].[Cl-]. The largest absolute Gasteiger partial charge is 1.00 e. The van der Waals surface area contributed by atoms with E-state index < -0.39 is 21.8 Å². The van der Waals surface area contributed by atoms with Crippen molar-refractivity contribution in [2.24, 2.45) is 0 Å². The molecule has 0 saturated carbocycles. The molecule has 6 rings (SSSR count). The van der Waals surface area contributed by atoms with Gasteiger partial charge in [-0.1, -0.05) is 0 Å². The van der Waals surface area contributed by atoms with Crippen LogP contribution in [0.2, 0.25) is 0 Å². The Labute approximate surface area is 223 Å². The van der Waals surface area contributed by atoms with Crippen molar-refractivity contribution in [3.8, 4) is 0 Å². The molecule has 1 nitrogen and oxygen atoms in total. The summed E-state index contributed by atoms with van der Waals surface area (Å²) in [6.45, 7) is 0. The summed E-state index contributed by atoms with van der Waals surface area (Å²) >= 11 is -2.36. The van der Waals surface area contributed by atoms with Gasteiger partial charge in [-0.25, -0.2) is 0 Å². The second-order valence-electron chi connectivity index (χ2n) is 8.69. The van der Waals surface area contributed by atoms with Crippen LogP contribution in [0.3, 0.4) is 0 Å². The molecule has 4 aromatic carbocycles. The van der Waals surface area contributed by atoms with E-state index in [0.717, 1.165) is 7.11 Å². The van der Waals surface area contributed by atoms with Crippen molar-refractivity contribution in [1.82, 2.24) is 0 Å². The van der Waals surface area contributed by atoms with Crippen LogP contribution in [0.1, 0.15) is 44.3 Å². The van der Waals surface area contributed by atoms with Crippen LogP contribution in [0, 0.1) is 0 Å². The monoisotopic (exact) mass is 553 g/mol. The van der Waals surface area contributed by atoms with E-state index in [-0.39, 0.29) is 12.4 Å². The topological polar surface area (TPSA) is 23.1 Å². The Morgan fingerprint density at radius 3 is 1.34 bits per heavy atom. The Bertz CT molecular complexity index is 1200. The molecule has 0 amide bonds. The molecule has 0 aromatic heterocycles. The summed E-state index contributed by atoms with van der Waals surface area (Å²) < 4.78 is 1.60. The average molecular weight is 555 g/mol. The molecule has 0 bridgehead atoms. The minimum atomic E-state index is -2.36. The summed E-state index contributed by atoms with van der Waals surface area (Å²) in [6.07, 6.45) is 9.82. The summed E-state index contributed by atoms with van der Waals surface area (Å²) in [5.74, 6) is 0. The molecule has 0 saturated heterocycles. The molecule has 0 spiro atoms. The average Bonchev–Trinajstić information content (AvgIpc) is 3.54. The summed E-state index contributed by atoms with van der Waals surface area (Å²) in [7, 11) is 0.750. The Kier molecular flexibility index (Phi) is 8.74. The molecular formula is C32H28ClOZr. The minimum Gasteiger partial charge on any atom is -1.00 e. The zero-order valence-electron chi connectivity index (χ0n) is 19.7. The maximum Gasteiger partial charge on any atom is -0.153 e. The molecule has 0 fully saturated rings. The zero-order chi connectivity index (χ0) is 23.3. The van der Waals surface area contributed by atoms with E-state index in [4.69, 9.17) is 5.11 Å². The molecule has 173 valence electrons. The molecule has 2 atom stereocenters. The summed E-state index contributed by atoms with van der Waals surface area (Å²) in [6, 6.07) is 40.6. The van der Waals surface area contributed by atoms with Crippen molar-refractivity contribution in [2.45, 2.75) is 10.9 Å². The van der Waals surface area contributed by atoms with E-state index in [9.17, 15) is 0 Å². The van der Waals surface area contributed by atoms with Crippen molar-refractivity contribution in [3.05, 3.63) is 155 Å². The van der Waals surface area contributed by atoms with E-state index in [1.165, 1.54) is 33.4 Å². The van der Waals surface area contributed by atoms with Gasteiger partial charge in [0.1, 0.15) is 0 Å². The number of allylic oxidation sites excluding steroid dienone is 2. The molecule has 2 aliphatic carbocycles. The number of rotatable bonds is 5. The van der Waals surface area contributed by atoms with Crippen LogP contribution < -0.4 is 17.5 Å². The van der Waals surface area contributed by atoms with Gasteiger partial charge < -0.3 is 17.5 Å². The molecule has 0 radical (unpaired) electrons. The normalized spacial score (nSPS) is 16.7. The van der Waals surface area contributed by atoms with Gasteiger partial charge in [-0.05, 0) is 0 Å². The maximum absolute atomic E-state index is 8.25. The molecule has 35 heavy (non-hydrogen) atoms. The van der Waals surface area contributed by atoms with Gasteiger partial charge in [-0.15, -0.1) is 0 Å². The Morgan fingerprint density at radius 1 is 0.543 bits per heavy atom. The van der Waals surface area contributed by atoms with Gasteiger partial charge in [-0.3, -0.25) is 0 Å². The van der Waals surface area contributed by atoms with Crippen molar-refractivity contribution in [2.75, 3.05) is 7.11 Å². The fourth-order valence-electron chi connectivity index (χ4n) is 5.50. The number of benzene rings is 4. The summed E-state index contributed by atoms with van der Waals surface area (Å²) in [4.78, 5) is 0. The molecular weight excluding hydrogens is 527 g/mol. The van der Waals surface area contributed by atoms with Gasteiger partial charge in [0, 0.05) is 0 Å². The Balaban J connectivity index is 0.000000940. The van der Waals surface area contributed by atoms with E-state index >= 15 is 0 Å². The van der Waals surface area contributed by atoms with Gasteiger partial charge in [0.05, 0.1) is 0 Å². The third kappa shape index (κ3) is 5.07.